The average molecular weight is 326 g/mol. The molecule has 1 atom stereocenters. The highest BCUT2D eigenvalue weighted by atomic mass is 16.5. The number of carbonyl (C=O) groups is 1. The van der Waals surface area contributed by atoms with E-state index in [0.29, 0.717) is 25.3 Å². The lowest BCUT2D eigenvalue weighted by Crippen LogP contribution is -2.49. The van der Waals surface area contributed by atoms with Gasteiger partial charge >= 0.3 is 0 Å². The van der Waals surface area contributed by atoms with E-state index in [1.54, 1.807) is 18.6 Å². The number of ether oxygens (including phenoxy) is 1. The Morgan fingerprint density at radius 2 is 2.08 bits per heavy atom. The van der Waals surface area contributed by atoms with Gasteiger partial charge in [-0.2, -0.15) is 0 Å². The van der Waals surface area contributed by atoms with E-state index in [1.807, 2.05) is 30.9 Å². The number of pyridine rings is 1. The van der Waals surface area contributed by atoms with Gasteiger partial charge in [-0.15, -0.1) is 0 Å². The first-order valence-electron chi connectivity index (χ1n) is 8.23. The van der Waals surface area contributed by atoms with Crippen LogP contribution in [-0.4, -0.2) is 51.6 Å². The lowest BCUT2D eigenvalue weighted by atomic mass is 10.0. The maximum atomic E-state index is 12.8. The van der Waals surface area contributed by atoms with E-state index in [0.717, 1.165) is 29.9 Å². The number of morpholine rings is 1. The number of nitrogens with zero attached hydrogens (tertiary/aromatic N) is 4. The Morgan fingerprint density at radius 3 is 2.83 bits per heavy atom. The summed E-state index contributed by atoms with van der Waals surface area (Å²) in [6.45, 7) is 5.61. The van der Waals surface area contributed by atoms with Gasteiger partial charge in [0.15, 0.2) is 0 Å². The van der Waals surface area contributed by atoms with Gasteiger partial charge in [0.1, 0.15) is 0 Å². The highest BCUT2D eigenvalue weighted by Crippen LogP contribution is 2.17. The molecule has 6 heteroatoms. The smallest absolute Gasteiger partial charge is 0.255 e. The number of aromatic nitrogens is 3. The first-order valence-corrected chi connectivity index (χ1v) is 8.23. The molecule has 1 amide bonds. The zero-order valence-corrected chi connectivity index (χ0v) is 14.1. The second-order valence-electron chi connectivity index (χ2n) is 6.04. The molecular weight excluding hydrogens is 304 g/mol. The summed E-state index contributed by atoms with van der Waals surface area (Å²) in [4.78, 5) is 27.6. The SMILES string of the molecule is Cc1ccc(C(=O)N2CCOC[C@H]2CCc2nccnc2C)cn1. The summed E-state index contributed by atoms with van der Waals surface area (Å²) in [5.41, 5.74) is 3.45. The highest BCUT2D eigenvalue weighted by Gasteiger charge is 2.28. The number of hydrogen-bond donors (Lipinski definition) is 0. The van der Waals surface area contributed by atoms with Crippen molar-refractivity contribution in [2.45, 2.75) is 32.7 Å². The summed E-state index contributed by atoms with van der Waals surface area (Å²) < 4.78 is 5.59. The van der Waals surface area contributed by atoms with Crippen molar-refractivity contribution in [3.63, 3.8) is 0 Å². The number of hydrogen-bond acceptors (Lipinski definition) is 5. The van der Waals surface area contributed by atoms with E-state index in [9.17, 15) is 4.79 Å². The van der Waals surface area contributed by atoms with Crippen LogP contribution in [0.4, 0.5) is 0 Å². The van der Waals surface area contributed by atoms with Crippen molar-refractivity contribution < 1.29 is 9.53 Å². The van der Waals surface area contributed by atoms with Gasteiger partial charge in [0, 0.05) is 30.8 Å². The summed E-state index contributed by atoms with van der Waals surface area (Å²) in [5, 5.41) is 0. The van der Waals surface area contributed by atoms with Crippen molar-refractivity contribution in [1.82, 2.24) is 19.9 Å². The van der Waals surface area contributed by atoms with E-state index >= 15 is 0 Å². The maximum Gasteiger partial charge on any atom is 0.255 e. The Balaban J connectivity index is 1.70. The van der Waals surface area contributed by atoms with Crippen molar-refractivity contribution in [3.05, 3.63) is 53.4 Å². The molecule has 0 unspecified atom stereocenters. The molecule has 1 aliphatic rings. The number of rotatable bonds is 4. The van der Waals surface area contributed by atoms with Crippen LogP contribution in [0.2, 0.25) is 0 Å². The van der Waals surface area contributed by atoms with Crippen molar-refractivity contribution in [3.8, 4) is 0 Å². The van der Waals surface area contributed by atoms with Gasteiger partial charge in [0.2, 0.25) is 0 Å². The van der Waals surface area contributed by atoms with Crippen molar-refractivity contribution in [2.24, 2.45) is 0 Å². The molecule has 6 nitrogen and oxygen atoms in total. The first-order chi connectivity index (χ1) is 11.6. The zero-order chi connectivity index (χ0) is 16.9. The monoisotopic (exact) mass is 326 g/mol. The summed E-state index contributed by atoms with van der Waals surface area (Å²) in [5.74, 6) is 0.0201. The predicted octanol–water partition coefficient (Wildman–Crippen LogP) is 1.96. The maximum absolute atomic E-state index is 12.8. The summed E-state index contributed by atoms with van der Waals surface area (Å²) >= 11 is 0. The third-order valence-corrected chi connectivity index (χ3v) is 4.34. The molecule has 1 saturated heterocycles. The van der Waals surface area contributed by atoms with Gasteiger partial charge in [-0.25, -0.2) is 0 Å². The topological polar surface area (TPSA) is 68.2 Å². The van der Waals surface area contributed by atoms with Gasteiger partial charge < -0.3 is 9.64 Å². The third-order valence-electron chi connectivity index (χ3n) is 4.34. The van der Waals surface area contributed by atoms with E-state index in [1.165, 1.54) is 0 Å². The van der Waals surface area contributed by atoms with Gasteiger partial charge in [0.05, 0.1) is 36.2 Å². The van der Waals surface area contributed by atoms with Crippen LogP contribution in [0.5, 0.6) is 0 Å². The minimum atomic E-state index is 0.0201. The zero-order valence-electron chi connectivity index (χ0n) is 14.1. The second-order valence-corrected chi connectivity index (χ2v) is 6.04. The van der Waals surface area contributed by atoms with E-state index in [4.69, 9.17) is 4.74 Å². The molecule has 2 aromatic heterocycles. The molecule has 24 heavy (non-hydrogen) atoms. The third kappa shape index (κ3) is 3.76. The van der Waals surface area contributed by atoms with Crippen LogP contribution in [0.3, 0.4) is 0 Å². The molecule has 126 valence electrons. The Hall–Kier alpha value is -2.34. The fourth-order valence-corrected chi connectivity index (χ4v) is 2.91. The first kappa shape index (κ1) is 16.5. The fraction of sp³-hybridized carbons (Fsp3) is 0.444. The molecule has 0 aliphatic carbocycles. The Morgan fingerprint density at radius 1 is 1.25 bits per heavy atom. The number of aryl methyl sites for hydroxylation is 3. The Labute approximate surface area is 141 Å². The average Bonchev–Trinajstić information content (AvgIpc) is 2.61. The van der Waals surface area contributed by atoms with Crippen molar-refractivity contribution >= 4 is 5.91 Å². The largest absolute Gasteiger partial charge is 0.377 e. The number of carbonyl (C=O) groups excluding carboxylic acids is 1. The minimum absolute atomic E-state index is 0.0201. The van der Waals surface area contributed by atoms with E-state index < -0.39 is 0 Å². The van der Waals surface area contributed by atoms with E-state index in [-0.39, 0.29) is 11.9 Å². The number of amides is 1. The normalized spacial score (nSPS) is 17.8. The lowest BCUT2D eigenvalue weighted by Gasteiger charge is -2.35. The molecule has 0 N–H and O–H groups in total. The van der Waals surface area contributed by atoms with Crippen LogP contribution in [0, 0.1) is 13.8 Å². The molecule has 3 heterocycles. The quantitative estimate of drug-likeness (QED) is 0.859. The van der Waals surface area contributed by atoms with Crippen LogP contribution in [0.1, 0.15) is 33.9 Å². The van der Waals surface area contributed by atoms with Crippen LogP contribution in [0.25, 0.3) is 0 Å². The Kier molecular flexibility index (Phi) is 5.15. The molecule has 0 spiro atoms. The van der Waals surface area contributed by atoms with Gasteiger partial charge in [-0.1, -0.05) is 0 Å². The summed E-state index contributed by atoms with van der Waals surface area (Å²) in [6, 6.07) is 3.75. The van der Waals surface area contributed by atoms with Crippen LogP contribution in [0.15, 0.2) is 30.7 Å². The van der Waals surface area contributed by atoms with Gasteiger partial charge in [0.25, 0.3) is 5.91 Å². The molecule has 0 aromatic carbocycles. The van der Waals surface area contributed by atoms with Crippen molar-refractivity contribution in [2.75, 3.05) is 19.8 Å². The molecule has 0 saturated carbocycles. The van der Waals surface area contributed by atoms with Crippen molar-refractivity contribution in [1.29, 1.82) is 0 Å². The lowest BCUT2D eigenvalue weighted by molar-refractivity contribution is -0.00416. The van der Waals surface area contributed by atoms with Gasteiger partial charge in [-0.3, -0.25) is 19.7 Å². The fourth-order valence-electron chi connectivity index (χ4n) is 2.91. The van der Waals surface area contributed by atoms with Gasteiger partial charge in [-0.05, 0) is 38.8 Å². The predicted molar refractivity (Wildman–Crippen MR) is 89.7 cm³/mol. The minimum Gasteiger partial charge on any atom is -0.377 e. The summed E-state index contributed by atoms with van der Waals surface area (Å²) in [6.07, 6.45) is 6.65. The molecule has 0 bridgehead atoms. The molecular formula is C18H22N4O2. The van der Waals surface area contributed by atoms with E-state index in [2.05, 4.69) is 15.0 Å². The molecule has 2 aromatic rings. The molecule has 0 radical (unpaired) electrons. The molecule has 3 rings (SSSR count). The van der Waals surface area contributed by atoms with Crippen LogP contribution < -0.4 is 0 Å². The van der Waals surface area contributed by atoms with Crippen LogP contribution >= 0.6 is 0 Å². The Bertz CT molecular complexity index is 702. The van der Waals surface area contributed by atoms with Crippen LogP contribution in [-0.2, 0) is 11.2 Å². The molecule has 1 fully saturated rings. The highest BCUT2D eigenvalue weighted by molar-refractivity contribution is 5.94. The summed E-state index contributed by atoms with van der Waals surface area (Å²) in [7, 11) is 0. The molecule has 1 aliphatic heterocycles. The second kappa shape index (κ2) is 7.49. The standard InChI is InChI=1S/C18H22N4O2/c1-13-3-4-15(11-21-13)18(23)22-9-10-24-12-16(22)5-6-17-14(2)19-7-8-20-17/h3-4,7-8,11,16H,5-6,9-10,12H2,1-2H3/t16-/m1/s1.